The van der Waals surface area contributed by atoms with Gasteiger partial charge in [0.1, 0.15) is 5.03 Å². The van der Waals surface area contributed by atoms with E-state index in [0.29, 0.717) is 11.9 Å². The third-order valence-electron chi connectivity index (χ3n) is 3.83. The van der Waals surface area contributed by atoms with Crippen molar-refractivity contribution in [1.29, 1.82) is 0 Å². The summed E-state index contributed by atoms with van der Waals surface area (Å²) in [6.45, 7) is 1.90. The first-order valence-electron chi connectivity index (χ1n) is 7.34. The number of hydrogen-bond acceptors (Lipinski definition) is 6. The van der Waals surface area contributed by atoms with Crippen molar-refractivity contribution in [3.63, 3.8) is 0 Å². The third-order valence-corrected chi connectivity index (χ3v) is 4.93. The molecule has 0 bridgehead atoms. The molecule has 0 aromatic carbocycles. The van der Waals surface area contributed by atoms with Crippen molar-refractivity contribution >= 4 is 11.8 Å². The van der Waals surface area contributed by atoms with Crippen LogP contribution in [-0.4, -0.2) is 30.2 Å². The first kappa shape index (κ1) is 15.1. The smallest absolute Gasteiger partial charge is 0.298 e. The average Bonchev–Trinajstić information content (AvgIpc) is 3.01. The van der Waals surface area contributed by atoms with E-state index in [9.17, 15) is 9.18 Å². The van der Waals surface area contributed by atoms with Crippen LogP contribution in [-0.2, 0) is 0 Å². The quantitative estimate of drug-likeness (QED) is 0.685. The molecule has 7 nitrogen and oxygen atoms in total. The Balaban J connectivity index is 1.80. The molecule has 1 aliphatic rings. The number of H-pyrrole nitrogens is 1. The molecule has 22 heavy (non-hydrogen) atoms. The minimum atomic E-state index is -0.567. The van der Waals surface area contributed by atoms with Gasteiger partial charge in [0, 0.05) is 0 Å². The summed E-state index contributed by atoms with van der Waals surface area (Å²) >= 11 is 1.19. The molecule has 2 aromatic rings. The van der Waals surface area contributed by atoms with Gasteiger partial charge < -0.3 is 0 Å². The molecule has 9 heteroatoms. The second-order valence-electron chi connectivity index (χ2n) is 5.40. The minimum absolute atomic E-state index is 0.158. The lowest BCUT2D eigenvalue weighted by Gasteiger charge is -2.23. The van der Waals surface area contributed by atoms with Gasteiger partial charge in [-0.1, -0.05) is 31.0 Å². The SMILES string of the molecule is CC(Sc1[nH]c(=O)ncc1F)c1nnnn1C1CCCCC1. The summed E-state index contributed by atoms with van der Waals surface area (Å²) in [5.74, 6) is 0.155. The Morgan fingerprint density at radius 2 is 2.18 bits per heavy atom. The Morgan fingerprint density at radius 3 is 2.95 bits per heavy atom. The zero-order chi connectivity index (χ0) is 15.5. The van der Waals surface area contributed by atoms with Crippen LogP contribution >= 0.6 is 11.8 Å². The number of halogens is 1. The van der Waals surface area contributed by atoms with Crippen LogP contribution < -0.4 is 5.69 Å². The average molecular weight is 324 g/mol. The number of aromatic amines is 1. The number of aromatic nitrogens is 6. The molecule has 2 heterocycles. The molecule has 118 valence electrons. The number of thioether (sulfide) groups is 1. The topological polar surface area (TPSA) is 89.3 Å². The Labute approximate surface area is 130 Å². The van der Waals surface area contributed by atoms with Crippen LogP contribution in [0.15, 0.2) is 16.0 Å². The highest BCUT2D eigenvalue weighted by Crippen LogP contribution is 2.36. The van der Waals surface area contributed by atoms with E-state index in [-0.39, 0.29) is 10.3 Å². The molecule has 2 aromatic heterocycles. The lowest BCUT2D eigenvalue weighted by Crippen LogP contribution is -2.18. The van der Waals surface area contributed by atoms with Gasteiger partial charge in [-0.2, -0.15) is 4.98 Å². The van der Waals surface area contributed by atoms with E-state index in [4.69, 9.17) is 0 Å². The summed E-state index contributed by atoms with van der Waals surface area (Å²) in [7, 11) is 0. The van der Waals surface area contributed by atoms with Gasteiger partial charge in [0.05, 0.1) is 17.5 Å². The van der Waals surface area contributed by atoms with Gasteiger partial charge in [0.15, 0.2) is 11.6 Å². The summed E-state index contributed by atoms with van der Waals surface area (Å²) < 4.78 is 15.6. The standard InChI is InChI=1S/C13H17FN6OS/c1-8(22-12-10(14)7-15-13(21)16-12)11-17-18-19-20(11)9-5-3-2-4-6-9/h7-9H,2-6H2,1H3,(H,15,16,21). The predicted octanol–water partition coefficient (Wildman–Crippen LogP) is 2.25. The van der Waals surface area contributed by atoms with Crippen LogP contribution in [0.5, 0.6) is 0 Å². The van der Waals surface area contributed by atoms with E-state index in [0.717, 1.165) is 19.0 Å². The molecule has 0 saturated heterocycles. The molecule has 1 saturated carbocycles. The second-order valence-corrected chi connectivity index (χ2v) is 6.75. The highest BCUT2D eigenvalue weighted by atomic mass is 32.2. The predicted molar refractivity (Wildman–Crippen MR) is 79.0 cm³/mol. The molecule has 0 radical (unpaired) electrons. The Morgan fingerprint density at radius 1 is 1.41 bits per heavy atom. The Hall–Kier alpha value is -1.77. The largest absolute Gasteiger partial charge is 0.345 e. The highest BCUT2D eigenvalue weighted by molar-refractivity contribution is 7.99. The number of tetrazole rings is 1. The Kier molecular flexibility index (Phi) is 4.51. The first-order valence-corrected chi connectivity index (χ1v) is 8.22. The van der Waals surface area contributed by atoms with Gasteiger partial charge >= 0.3 is 5.69 Å². The van der Waals surface area contributed by atoms with Crippen molar-refractivity contribution in [3.8, 4) is 0 Å². The number of nitrogens with zero attached hydrogens (tertiary/aromatic N) is 5. The minimum Gasteiger partial charge on any atom is -0.298 e. The van der Waals surface area contributed by atoms with Gasteiger partial charge in [-0.05, 0) is 30.2 Å². The zero-order valence-corrected chi connectivity index (χ0v) is 13.0. The number of hydrogen-bond donors (Lipinski definition) is 1. The van der Waals surface area contributed by atoms with Crippen LogP contribution in [0.2, 0.25) is 0 Å². The van der Waals surface area contributed by atoms with E-state index in [1.54, 1.807) is 0 Å². The third kappa shape index (κ3) is 3.18. The maximum absolute atomic E-state index is 13.7. The van der Waals surface area contributed by atoms with E-state index < -0.39 is 11.5 Å². The molecular formula is C13H17FN6OS. The van der Waals surface area contributed by atoms with Crippen molar-refractivity contribution in [2.45, 2.75) is 55.3 Å². The summed E-state index contributed by atoms with van der Waals surface area (Å²) in [5, 5.41) is 12.0. The molecule has 1 aliphatic carbocycles. The molecular weight excluding hydrogens is 307 g/mol. The summed E-state index contributed by atoms with van der Waals surface area (Å²) in [5.41, 5.74) is -0.567. The fourth-order valence-electron chi connectivity index (χ4n) is 2.73. The number of nitrogens with one attached hydrogen (secondary N) is 1. The fourth-order valence-corrected chi connectivity index (χ4v) is 3.66. The van der Waals surface area contributed by atoms with Crippen LogP contribution in [0.3, 0.4) is 0 Å². The van der Waals surface area contributed by atoms with E-state index in [1.807, 2.05) is 11.6 Å². The summed E-state index contributed by atoms with van der Waals surface area (Å²) in [6, 6.07) is 0.308. The van der Waals surface area contributed by atoms with Gasteiger partial charge in [-0.15, -0.1) is 5.10 Å². The molecule has 0 aliphatic heterocycles. The van der Waals surface area contributed by atoms with Gasteiger partial charge in [-0.25, -0.2) is 13.9 Å². The van der Waals surface area contributed by atoms with Crippen molar-refractivity contribution in [2.24, 2.45) is 0 Å². The highest BCUT2D eigenvalue weighted by Gasteiger charge is 2.24. The Bertz CT molecular complexity index is 696. The van der Waals surface area contributed by atoms with E-state index in [1.165, 1.54) is 31.0 Å². The summed E-state index contributed by atoms with van der Waals surface area (Å²) in [4.78, 5) is 17.0. The zero-order valence-electron chi connectivity index (χ0n) is 12.2. The van der Waals surface area contributed by atoms with Crippen LogP contribution in [0.4, 0.5) is 4.39 Å². The van der Waals surface area contributed by atoms with Crippen LogP contribution in [0, 0.1) is 5.82 Å². The number of rotatable bonds is 4. The molecule has 0 spiro atoms. The molecule has 3 rings (SSSR count). The van der Waals surface area contributed by atoms with Crippen molar-refractivity contribution < 1.29 is 4.39 Å². The lowest BCUT2D eigenvalue weighted by molar-refractivity contribution is 0.317. The second kappa shape index (κ2) is 6.55. The molecule has 1 unspecified atom stereocenters. The molecule has 1 N–H and O–H groups in total. The fraction of sp³-hybridized carbons (Fsp3) is 0.615. The van der Waals surface area contributed by atoms with Gasteiger partial charge in [0.25, 0.3) is 0 Å². The van der Waals surface area contributed by atoms with Crippen LogP contribution in [0.25, 0.3) is 0 Å². The maximum atomic E-state index is 13.7. The lowest BCUT2D eigenvalue weighted by atomic mass is 9.95. The normalized spacial score (nSPS) is 17.5. The summed E-state index contributed by atoms with van der Waals surface area (Å²) in [6.07, 6.45) is 6.67. The van der Waals surface area contributed by atoms with Gasteiger partial charge in [0.2, 0.25) is 0 Å². The van der Waals surface area contributed by atoms with Crippen molar-refractivity contribution in [2.75, 3.05) is 0 Å². The van der Waals surface area contributed by atoms with Gasteiger partial charge in [-0.3, -0.25) is 4.98 Å². The molecule has 1 fully saturated rings. The van der Waals surface area contributed by atoms with Crippen molar-refractivity contribution in [3.05, 3.63) is 28.3 Å². The first-order chi connectivity index (χ1) is 10.6. The molecule has 0 amide bonds. The van der Waals surface area contributed by atoms with Crippen molar-refractivity contribution in [1.82, 2.24) is 30.2 Å². The van der Waals surface area contributed by atoms with Crippen LogP contribution in [0.1, 0.15) is 56.1 Å². The molecule has 1 atom stereocenters. The van der Waals surface area contributed by atoms with E-state index in [2.05, 4.69) is 25.5 Å². The monoisotopic (exact) mass is 324 g/mol. The maximum Gasteiger partial charge on any atom is 0.345 e. The van der Waals surface area contributed by atoms with E-state index >= 15 is 0 Å².